The summed E-state index contributed by atoms with van der Waals surface area (Å²) in [5, 5.41) is 9.57. The van der Waals surface area contributed by atoms with Crippen LogP contribution in [0.15, 0.2) is 36.4 Å². The molecule has 1 aromatic rings. The zero-order valence-corrected chi connectivity index (χ0v) is 15.2. The van der Waals surface area contributed by atoms with Crippen LogP contribution in [0.2, 0.25) is 0 Å². The van der Waals surface area contributed by atoms with Crippen LogP contribution in [0.1, 0.15) is 17.5 Å². The molecule has 2 aliphatic carbocycles. The van der Waals surface area contributed by atoms with Gasteiger partial charge in [0.25, 0.3) is 0 Å². The topological polar surface area (TPSA) is 60.9 Å². The number of hydrogen-bond acceptors (Lipinski definition) is 3. The summed E-state index contributed by atoms with van der Waals surface area (Å²) in [4.78, 5) is 29.0. The van der Waals surface area contributed by atoms with Crippen LogP contribution < -0.4 is 0 Å². The zero-order chi connectivity index (χ0) is 18.3. The highest BCUT2D eigenvalue weighted by Gasteiger charge is 2.52. The number of amides is 1. The lowest BCUT2D eigenvalue weighted by molar-refractivity contribution is -0.151. The molecule has 26 heavy (non-hydrogen) atoms. The van der Waals surface area contributed by atoms with Crippen molar-refractivity contribution in [1.29, 1.82) is 0 Å². The second-order valence-corrected chi connectivity index (χ2v) is 7.87. The van der Waals surface area contributed by atoms with Crippen molar-refractivity contribution in [2.75, 3.05) is 26.2 Å². The molecular formula is C21H26N2O3. The van der Waals surface area contributed by atoms with Crippen molar-refractivity contribution in [3.8, 4) is 0 Å². The molecule has 4 unspecified atom stereocenters. The second kappa shape index (κ2) is 6.88. The maximum atomic E-state index is 13.0. The summed E-state index contributed by atoms with van der Waals surface area (Å²) in [5.41, 5.74) is 2.63. The van der Waals surface area contributed by atoms with Gasteiger partial charge < -0.3 is 10.0 Å². The van der Waals surface area contributed by atoms with E-state index in [0.29, 0.717) is 13.1 Å². The fourth-order valence-electron chi connectivity index (χ4n) is 4.86. The third-order valence-electron chi connectivity index (χ3n) is 6.37. The Morgan fingerprint density at radius 1 is 1.04 bits per heavy atom. The number of carbonyl (C=O) groups excluding carboxylic acids is 1. The van der Waals surface area contributed by atoms with Crippen molar-refractivity contribution in [2.45, 2.75) is 19.9 Å². The lowest BCUT2D eigenvalue weighted by Crippen LogP contribution is -2.52. The number of allylic oxidation sites excluding steroid dienone is 2. The lowest BCUT2D eigenvalue weighted by atomic mass is 9.82. The highest BCUT2D eigenvalue weighted by molar-refractivity contribution is 5.87. The first kappa shape index (κ1) is 17.3. The molecule has 5 heteroatoms. The zero-order valence-electron chi connectivity index (χ0n) is 15.2. The molecule has 0 radical (unpaired) electrons. The van der Waals surface area contributed by atoms with E-state index in [2.05, 4.69) is 42.2 Å². The standard InChI is InChI=1S/C21H26N2O3/c1-14-4-2-3-5-17(14)13-22-8-10-23(11-9-22)20(24)18-15-6-7-16(12-15)19(18)21(25)26/h2-7,15-16,18-19H,8-13H2,1H3,(H,25,26). The molecule has 2 bridgehead atoms. The first-order valence-electron chi connectivity index (χ1n) is 9.51. The van der Waals surface area contributed by atoms with Gasteiger partial charge in [-0.05, 0) is 36.3 Å². The Kier molecular flexibility index (Phi) is 4.57. The molecule has 2 fully saturated rings. The Morgan fingerprint density at radius 3 is 2.35 bits per heavy atom. The molecule has 0 spiro atoms. The SMILES string of the molecule is Cc1ccccc1CN1CCN(C(=O)C2C3C=CC(C3)C2C(=O)O)CC1. The van der Waals surface area contributed by atoms with Gasteiger partial charge in [-0.2, -0.15) is 0 Å². The van der Waals surface area contributed by atoms with E-state index in [4.69, 9.17) is 0 Å². The van der Waals surface area contributed by atoms with Crippen LogP contribution in [0.4, 0.5) is 0 Å². The molecule has 1 N–H and O–H groups in total. The summed E-state index contributed by atoms with van der Waals surface area (Å²) in [6, 6.07) is 8.41. The van der Waals surface area contributed by atoms with Gasteiger partial charge in [0.1, 0.15) is 0 Å². The summed E-state index contributed by atoms with van der Waals surface area (Å²) in [6.45, 7) is 6.10. The van der Waals surface area contributed by atoms with Crippen LogP contribution in [-0.2, 0) is 16.1 Å². The van der Waals surface area contributed by atoms with Crippen molar-refractivity contribution < 1.29 is 14.7 Å². The normalized spacial score (nSPS) is 30.7. The van der Waals surface area contributed by atoms with Gasteiger partial charge in [-0.25, -0.2) is 0 Å². The van der Waals surface area contributed by atoms with Gasteiger partial charge in [-0.3, -0.25) is 14.5 Å². The number of aryl methyl sites for hydroxylation is 1. The number of hydrogen-bond donors (Lipinski definition) is 1. The quantitative estimate of drug-likeness (QED) is 0.842. The minimum absolute atomic E-state index is 0.0359. The minimum atomic E-state index is -0.821. The van der Waals surface area contributed by atoms with Crippen molar-refractivity contribution in [1.82, 2.24) is 9.80 Å². The van der Waals surface area contributed by atoms with Crippen LogP contribution in [0.25, 0.3) is 0 Å². The van der Waals surface area contributed by atoms with E-state index in [1.165, 1.54) is 11.1 Å². The van der Waals surface area contributed by atoms with E-state index in [1.54, 1.807) is 0 Å². The van der Waals surface area contributed by atoms with Gasteiger partial charge in [0.15, 0.2) is 0 Å². The number of nitrogens with zero attached hydrogens (tertiary/aromatic N) is 2. The third-order valence-corrected chi connectivity index (χ3v) is 6.37. The number of fused-ring (bicyclic) bond motifs is 2. The predicted molar refractivity (Wildman–Crippen MR) is 98.4 cm³/mol. The van der Waals surface area contributed by atoms with E-state index < -0.39 is 11.9 Å². The molecule has 4 rings (SSSR count). The Labute approximate surface area is 154 Å². The third kappa shape index (κ3) is 3.05. The van der Waals surface area contributed by atoms with Crippen LogP contribution in [0.3, 0.4) is 0 Å². The van der Waals surface area contributed by atoms with Gasteiger partial charge in [-0.15, -0.1) is 0 Å². The van der Waals surface area contributed by atoms with Crippen LogP contribution in [0, 0.1) is 30.6 Å². The number of aliphatic carboxylic acids is 1. The van der Waals surface area contributed by atoms with Crippen LogP contribution in [-0.4, -0.2) is 53.0 Å². The Bertz CT molecular complexity index is 737. The molecule has 1 aliphatic heterocycles. The summed E-state index contributed by atoms with van der Waals surface area (Å²) < 4.78 is 0. The molecular weight excluding hydrogens is 328 g/mol. The fraction of sp³-hybridized carbons (Fsp3) is 0.524. The molecule has 138 valence electrons. The molecule has 1 saturated carbocycles. The molecule has 5 nitrogen and oxygen atoms in total. The van der Waals surface area contributed by atoms with Crippen molar-refractivity contribution in [3.05, 3.63) is 47.5 Å². The summed E-state index contributed by atoms with van der Waals surface area (Å²) >= 11 is 0. The Hall–Kier alpha value is -2.14. The Morgan fingerprint density at radius 2 is 1.69 bits per heavy atom. The van der Waals surface area contributed by atoms with Crippen molar-refractivity contribution in [2.24, 2.45) is 23.7 Å². The van der Waals surface area contributed by atoms with Crippen LogP contribution >= 0.6 is 0 Å². The average molecular weight is 354 g/mol. The Balaban J connectivity index is 1.37. The number of carboxylic acids is 1. The lowest BCUT2D eigenvalue weighted by Gasteiger charge is -2.38. The van der Waals surface area contributed by atoms with Gasteiger partial charge in [0, 0.05) is 32.7 Å². The summed E-state index contributed by atoms with van der Waals surface area (Å²) in [6.07, 6.45) is 4.87. The number of rotatable bonds is 4. The van der Waals surface area contributed by atoms with Gasteiger partial charge in [-0.1, -0.05) is 36.4 Å². The fourth-order valence-corrected chi connectivity index (χ4v) is 4.86. The molecule has 3 aliphatic rings. The highest BCUT2D eigenvalue weighted by atomic mass is 16.4. The van der Waals surface area contributed by atoms with E-state index in [-0.39, 0.29) is 23.7 Å². The first-order valence-corrected chi connectivity index (χ1v) is 9.51. The molecule has 0 aromatic heterocycles. The monoisotopic (exact) mass is 354 g/mol. The van der Waals surface area contributed by atoms with Crippen molar-refractivity contribution >= 4 is 11.9 Å². The van der Waals surface area contributed by atoms with Gasteiger partial charge in [0.2, 0.25) is 5.91 Å². The number of piperazine rings is 1. The molecule has 4 atom stereocenters. The summed E-state index contributed by atoms with van der Waals surface area (Å²) in [7, 11) is 0. The maximum absolute atomic E-state index is 13.0. The van der Waals surface area contributed by atoms with E-state index in [1.807, 2.05) is 11.0 Å². The average Bonchev–Trinajstić information content (AvgIpc) is 3.25. The van der Waals surface area contributed by atoms with Crippen LogP contribution in [0.5, 0.6) is 0 Å². The van der Waals surface area contributed by atoms with E-state index >= 15 is 0 Å². The molecule has 1 saturated heterocycles. The van der Waals surface area contributed by atoms with Crippen molar-refractivity contribution in [3.63, 3.8) is 0 Å². The highest BCUT2D eigenvalue weighted by Crippen LogP contribution is 2.48. The smallest absolute Gasteiger partial charge is 0.307 e. The van der Waals surface area contributed by atoms with E-state index in [0.717, 1.165) is 26.1 Å². The van der Waals surface area contributed by atoms with Gasteiger partial charge >= 0.3 is 5.97 Å². The molecule has 1 heterocycles. The molecule has 1 amide bonds. The second-order valence-electron chi connectivity index (χ2n) is 7.87. The van der Waals surface area contributed by atoms with Gasteiger partial charge in [0.05, 0.1) is 11.8 Å². The number of carboxylic acid groups (broad SMARTS) is 1. The summed E-state index contributed by atoms with van der Waals surface area (Å²) in [5.74, 6) is -1.54. The predicted octanol–water partition coefficient (Wildman–Crippen LogP) is 2.16. The molecule has 1 aromatic carbocycles. The minimum Gasteiger partial charge on any atom is -0.481 e. The number of benzene rings is 1. The largest absolute Gasteiger partial charge is 0.481 e. The first-order chi connectivity index (χ1) is 12.5. The number of carbonyl (C=O) groups is 2. The maximum Gasteiger partial charge on any atom is 0.307 e. The van der Waals surface area contributed by atoms with E-state index in [9.17, 15) is 14.7 Å².